The zero-order chi connectivity index (χ0) is 10.9. The fourth-order valence-electron chi connectivity index (χ4n) is 0.958. The first-order chi connectivity index (χ1) is 6.43. The first kappa shape index (κ1) is 10.4. The molecule has 0 spiro atoms. The second-order valence-corrected chi connectivity index (χ2v) is 2.57. The molecule has 0 saturated heterocycles. The van der Waals surface area contributed by atoms with Gasteiger partial charge in [-0.3, -0.25) is 0 Å². The van der Waals surface area contributed by atoms with E-state index in [9.17, 15) is 18.0 Å². The van der Waals surface area contributed by atoms with Gasteiger partial charge in [-0.2, -0.15) is 0 Å². The third kappa shape index (κ3) is 1.78. The highest BCUT2D eigenvalue weighted by Gasteiger charge is 2.18. The van der Waals surface area contributed by atoms with E-state index < -0.39 is 29.3 Å². The molecule has 3 nitrogen and oxygen atoms in total. The molecule has 3 N–H and O–H groups in total. The number of hydrogen-bond acceptors (Lipinski definition) is 2. The largest absolute Gasteiger partial charge is 0.478 e. The number of carboxylic acid groups (broad SMARTS) is 1. The number of alkyl halides is 2. The minimum atomic E-state index is -3.06. The summed E-state index contributed by atoms with van der Waals surface area (Å²) in [6, 6.07) is 1.11. The number of carboxylic acids is 1. The van der Waals surface area contributed by atoms with Crippen molar-refractivity contribution in [2.24, 2.45) is 0 Å². The van der Waals surface area contributed by atoms with Gasteiger partial charge >= 0.3 is 5.97 Å². The fourth-order valence-corrected chi connectivity index (χ4v) is 0.958. The van der Waals surface area contributed by atoms with E-state index in [4.69, 9.17) is 10.8 Å². The molecule has 0 bridgehead atoms. The van der Waals surface area contributed by atoms with Gasteiger partial charge in [0.05, 0.1) is 11.1 Å². The van der Waals surface area contributed by atoms with E-state index in [0.29, 0.717) is 12.1 Å². The van der Waals surface area contributed by atoms with Crippen molar-refractivity contribution < 1.29 is 23.1 Å². The molecular formula is C8H6F3NO2. The fraction of sp³-hybridized carbons (Fsp3) is 0.125. The minimum absolute atomic E-state index is 0.376. The summed E-state index contributed by atoms with van der Waals surface area (Å²) in [6.07, 6.45) is -3.06. The summed E-state index contributed by atoms with van der Waals surface area (Å²) >= 11 is 0. The van der Waals surface area contributed by atoms with E-state index >= 15 is 0 Å². The van der Waals surface area contributed by atoms with Gasteiger partial charge in [0, 0.05) is 5.69 Å². The highest BCUT2D eigenvalue weighted by atomic mass is 19.3. The van der Waals surface area contributed by atoms with Crippen LogP contribution in [0.1, 0.15) is 22.3 Å². The highest BCUT2D eigenvalue weighted by Crippen LogP contribution is 2.26. The molecule has 76 valence electrons. The number of nitrogens with two attached hydrogens (primary N) is 1. The van der Waals surface area contributed by atoms with Crippen LogP contribution in [0.3, 0.4) is 0 Å². The smallest absolute Gasteiger partial charge is 0.337 e. The molecule has 0 aliphatic carbocycles. The van der Waals surface area contributed by atoms with Gasteiger partial charge < -0.3 is 10.8 Å². The van der Waals surface area contributed by atoms with Crippen LogP contribution in [0.4, 0.5) is 18.9 Å². The quantitative estimate of drug-likeness (QED) is 0.726. The van der Waals surface area contributed by atoms with Crippen molar-refractivity contribution in [3.63, 3.8) is 0 Å². The lowest BCUT2D eigenvalue weighted by Gasteiger charge is -2.05. The summed E-state index contributed by atoms with van der Waals surface area (Å²) in [5.74, 6) is -2.67. The van der Waals surface area contributed by atoms with Gasteiger partial charge in [-0.25, -0.2) is 18.0 Å². The number of benzene rings is 1. The van der Waals surface area contributed by atoms with Crippen molar-refractivity contribution >= 4 is 11.7 Å². The maximum Gasteiger partial charge on any atom is 0.337 e. The van der Waals surface area contributed by atoms with E-state index in [1.807, 2.05) is 0 Å². The minimum Gasteiger partial charge on any atom is -0.478 e. The summed E-state index contributed by atoms with van der Waals surface area (Å²) in [5.41, 5.74) is 3.26. The molecule has 1 rings (SSSR count). The topological polar surface area (TPSA) is 63.3 Å². The summed E-state index contributed by atoms with van der Waals surface area (Å²) in [4.78, 5) is 10.5. The van der Waals surface area contributed by atoms with Crippen LogP contribution in [0.2, 0.25) is 0 Å². The number of carbonyl (C=O) groups is 1. The number of hydrogen-bond donors (Lipinski definition) is 2. The second-order valence-electron chi connectivity index (χ2n) is 2.57. The van der Waals surface area contributed by atoms with E-state index in [0.717, 1.165) is 0 Å². The van der Waals surface area contributed by atoms with Crippen molar-refractivity contribution in [3.8, 4) is 0 Å². The Labute approximate surface area is 77.0 Å². The Hall–Kier alpha value is -1.72. The number of halogens is 3. The van der Waals surface area contributed by atoms with Crippen molar-refractivity contribution in [1.29, 1.82) is 0 Å². The zero-order valence-electron chi connectivity index (χ0n) is 6.80. The van der Waals surface area contributed by atoms with Gasteiger partial charge in [0.25, 0.3) is 6.43 Å². The summed E-state index contributed by atoms with van der Waals surface area (Å²) in [7, 11) is 0. The van der Waals surface area contributed by atoms with Crippen molar-refractivity contribution in [2.45, 2.75) is 6.43 Å². The molecule has 0 saturated carbocycles. The second kappa shape index (κ2) is 3.57. The summed E-state index contributed by atoms with van der Waals surface area (Å²) in [5, 5.41) is 8.52. The Balaban J connectivity index is 3.34. The van der Waals surface area contributed by atoms with Gasteiger partial charge in [-0.1, -0.05) is 0 Å². The molecule has 0 fully saturated rings. The molecule has 0 aromatic heterocycles. The molecule has 0 atom stereocenters. The lowest BCUT2D eigenvalue weighted by molar-refractivity contribution is 0.0697. The molecular weight excluding hydrogens is 199 g/mol. The SMILES string of the molecule is Nc1cc(F)c(C(F)F)cc1C(=O)O. The van der Waals surface area contributed by atoms with Crippen molar-refractivity contribution in [1.82, 2.24) is 0 Å². The third-order valence-corrected chi connectivity index (χ3v) is 1.63. The molecule has 0 aliphatic heterocycles. The molecule has 1 aromatic rings. The van der Waals surface area contributed by atoms with Gasteiger partial charge in [0.15, 0.2) is 0 Å². The number of aromatic carboxylic acids is 1. The van der Waals surface area contributed by atoms with Crippen LogP contribution in [0.25, 0.3) is 0 Å². The van der Waals surface area contributed by atoms with E-state index in [1.165, 1.54) is 0 Å². The number of anilines is 1. The summed E-state index contributed by atoms with van der Waals surface area (Å²) < 4.78 is 37.1. The number of nitrogen functional groups attached to an aromatic ring is 1. The Morgan fingerprint density at radius 2 is 2.00 bits per heavy atom. The van der Waals surface area contributed by atoms with E-state index in [-0.39, 0.29) is 5.69 Å². The molecule has 0 radical (unpaired) electrons. The molecule has 14 heavy (non-hydrogen) atoms. The van der Waals surface area contributed by atoms with Gasteiger partial charge in [-0.05, 0) is 12.1 Å². The van der Waals surface area contributed by atoms with Crippen LogP contribution in [-0.4, -0.2) is 11.1 Å². The first-order valence-corrected chi connectivity index (χ1v) is 3.54. The molecule has 0 aliphatic rings. The van der Waals surface area contributed by atoms with Crippen LogP contribution >= 0.6 is 0 Å². The lowest BCUT2D eigenvalue weighted by Crippen LogP contribution is -2.05. The van der Waals surface area contributed by atoms with Gasteiger partial charge in [0.1, 0.15) is 5.82 Å². The van der Waals surface area contributed by atoms with Crippen LogP contribution in [-0.2, 0) is 0 Å². The van der Waals surface area contributed by atoms with Crippen molar-refractivity contribution in [3.05, 3.63) is 29.1 Å². The monoisotopic (exact) mass is 205 g/mol. The lowest BCUT2D eigenvalue weighted by atomic mass is 10.1. The zero-order valence-corrected chi connectivity index (χ0v) is 6.80. The van der Waals surface area contributed by atoms with Gasteiger partial charge in [-0.15, -0.1) is 0 Å². The van der Waals surface area contributed by atoms with Crippen LogP contribution in [0, 0.1) is 5.82 Å². The highest BCUT2D eigenvalue weighted by molar-refractivity contribution is 5.93. The average molecular weight is 205 g/mol. The Kier molecular flexibility index (Phi) is 2.64. The maximum atomic E-state index is 12.8. The number of rotatable bonds is 2. The predicted molar refractivity (Wildman–Crippen MR) is 42.7 cm³/mol. The predicted octanol–water partition coefficient (Wildman–Crippen LogP) is 2.04. The van der Waals surface area contributed by atoms with E-state index in [2.05, 4.69) is 0 Å². The van der Waals surface area contributed by atoms with Gasteiger partial charge in [0.2, 0.25) is 0 Å². The average Bonchev–Trinajstić information content (AvgIpc) is 2.02. The molecule has 1 aromatic carbocycles. The Morgan fingerprint density at radius 1 is 1.43 bits per heavy atom. The standard InChI is InChI=1S/C8H6F3NO2/c9-5-2-6(12)4(8(13)14)1-3(5)7(10)11/h1-2,7H,12H2,(H,13,14). The van der Waals surface area contributed by atoms with Crippen LogP contribution < -0.4 is 5.73 Å². The van der Waals surface area contributed by atoms with Crippen LogP contribution in [0.5, 0.6) is 0 Å². The molecule has 0 heterocycles. The maximum absolute atomic E-state index is 12.8. The van der Waals surface area contributed by atoms with Crippen molar-refractivity contribution in [2.75, 3.05) is 5.73 Å². The van der Waals surface area contributed by atoms with Crippen LogP contribution in [0.15, 0.2) is 12.1 Å². The molecule has 6 heteroatoms. The Bertz CT molecular complexity index is 379. The Morgan fingerprint density at radius 3 is 2.43 bits per heavy atom. The third-order valence-electron chi connectivity index (χ3n) is 1.63. The molecule has 0 amide bonds. The summed E-state index contributed by atoms with van der Waals surface area (Å²) in [6.45, 7) is 0. The van der Waals surface area contributed by atoms with E-state index in [1.54, 1.807) is 0 Å². The molecule has 0 unspecified atom stereocenters. The first-order valence-electron chi connectivity index (χ1n) is 3.54. The normalized spacial score (nSPS) is 10.6.